The first kappa shape index (κ1) is 19.9. The van der Waals surface area contributed by atoms with Crippen molar-refractivity contribution in [3.8, 4) is 0 Å². The maximum absolute atomic E-state index is 11.7. The second-order valence-electron chi connectivity index (χ2n) is 5.52. The molecule has 0 aliphatic heterocycles. The van der Waals surface area contributed by atoms with Crippen LogP contribution in [0.4, 0.5) is 0 Å². The molecule has 5 nitrogen and oxygen atoms in total. The van der Waals surface area contributed by atoms with Gasteiger partial charge in [-0.05, 0) is 25.7 Å². The summed E-state index contributed by atoms with van der Waals surface area (Å²) < 4.78 is 5.29. The Kier molecular flexibility index (Phi) is 12.0. The van der Waals surface area contributed by atoms with E-state index >= 15 is 0 Å². The molecule has 0 saturated heterocycles. The van der Waals surface area contributed by atoms with E-state index in [9.17, 15) is 14.7 Å². The van der Waals surface area contributed by atoms with Crippen LogP contribution in [0.5, 0.6) is 0 Å². The van der Waals surface area contributed by atoms with E-state index in [1.807, 2.05) is 0 Å². The number of aliphatic hydroxyl groups excluding tert-OH is 1. The predicted molar refractivity (Wildman–Crippen MR) is 81.0 cm³/mol. The molecule has 0 rings (SSSR count). The molecular formula is C16H30O5. The van der Waals surface area contributed by atoms with E-state index in [-0.39, 0.29) is 6.10 Å². The van der Waals surface area contributed by atoms with Gasteiger partial charge in [0.25, 0.3) is 0 Å². The highest BCUT2D eigenvalue weighted by molar-refractivity contribution is 5.80. The molecule has 0 fully saturated rings. The molecule has 2 N–H and O–H groups in total. The Morgan fingerprint density at radius 2 is 1.48 bits per heavy atom. The van der Waals surface area contributed by atoms with Gasteiger partial charge in [0, 0.05) is 0 Å². The van der Waals surface area contributed by atoms with Crippen molar-refractivity contribution in [1.82, 2.24) is 0 Å². The molecule has 0 aliphatic carbocycles. The van der Waals surface area contributed by atoms with Gasteiger partial charge < -0.3 is 14.9 Å². The van der Waals surface area contributed by atoms with E-state index in [1.165, 1.54) is 0 Å². The average molecular weight is 302 g/mol. The number of rotatable bonds is 13. The summed E-state index contributed by atoms with van der Waals surface area (Å²) in [6, 6.07) is 0. The number of esters is 1. The molecule has 0 spiro atoms. The van der Waals surface area contributed by atoms with Crippen molar-refractivity contribution in [2.75, 3.05) is 0 Å². The molecule has 0 bridgehead atoms. The zero-order valence-corrected chi connectivity index (χ0v) is 13.3. The third kappa shape index (κ3) is 11.3. The van der Waals surface area contributed by atoms with Crippen LogP contribution >= 0.6 is 0 Å². The summed E-state index contributed by atoms with van der Waals surface area (Å²) in [4.78, 5) is 22.2. The van der Waals surface area contributed by atoms with Gasteiger partial charge in [0.2, 0.25) is 0 Å². The Labute approximate surface area is 127 Å². The fourth-order valence-corrected chi connectivity index (χ4v) is 2.17. The molecule has 0 aromatic heterocycles. The van der Waals surface area contributed by atoms with Gasteiger partial charge in [-0.25, -0.2) is 4.79 Å². The van der Waals surface area contributed by atoms with Crippen LogP contribution < -0.4 is 0 Å². The van der Waals surface area contributed by atoms with Crippen molar-refractivity contribution >= 4 is 11.9 Å². The highest BCUT2D eigenvalue weighted by atomic mass is 16.6. The second kappa shape index (κ2) is 12.6. The number of hydrogen-bond donors (Lipinski definition) is 2. The lowest BCUT2D eigenvalue weighted by Gasteiger charge is -2.19. The Morgan fingerprint density at radius 3 is 2.00 bits per heavy atom. The highest BCUT2D eigenvalue weighted by Crippen LogP contribution is 2.16. The summed E-state index contributed by atoms with van der Waals surface area (Å²) in [5.41, 5.74) is 0. The summed E-state index contributed by atoms with van der Waals surface area (Å²) in [6.45, 7) is 4.25. The van der Waals surface area contributed by atoms with Gasteiger partial charge in [0.15, 0.2) is 6.10 Å². The zero-order valence-electron chi connectivity index (χ0n) is 13.3. The first-order valence-corrected chi connectivity index (χ1v) is 8.11. The van der Waals surface area contributed by atoms with Gasteiger partial charge in [-0.2, -0.15) is 0 Å². The second-order valence-corrected chi connectivity index (χ2v) is 5.52. The fourth-order valence-electron chi connectivity index (χ4n) is 2.17. The molecule has 21 heavy (non-hydrogen) atoms. The fraction of sp³-hybridized carbons (Fsp3) is 0.875. The van der Waals surface area contributed by atoms with Crippen LogP contribution in [-0.4, -0.2) is 34.4 Å². The van der Waals surface area contributed by atoms with Crippen molar-refractivity contribution in [2.24, 2.45) is 0 Å². The van der Waals surface area contributed by atoms with Crippen molar-refractivity contribution in [3.63, 3.8) is 0 Å². The Balaban J connectivity index is 4.22. The van der Waals surface area contributed by atoms with Crippen LogP contribution in [-0.2, 0) is 14.3 Å². The van der Waals surface area contributed by atoms with Crippen LogP contribution in [0.3, 0.4) is 0 Å². The van der Waals surface area contributed by atoms with E-state index in [2.05, 4.69) is 13.8 Å². The lowest BCUT2D eigenvalue weighted by molar-refractivity contribution is -0.163. The van der Waals surface area contributed by atoms with Crippen LogP contribution in [0.15, 0.2) is 0 Å². The van der Waals surface area contributed by atoms with Crippen LogP contribution in [0, 0.1) is 0 Å². The van der Waals surface area contributed by atoms with Crippen LogP contribution in [0.2, 0.25) is 0 Å². The standard InChI is InChI=1S/C16H30O5/c1-3-5-7-9-11-13(10-8-6-4-2)21-16(20)14(17)12-15(18)19/h13-14,17H,3-12H2,1-2H3,(H,18,19). The van der Waals surface area contributed by atoms with Crippen molar-refractivity contribution in [1.29, 1.82) is 0 Å². The lowest BCUT2D eigenvalue weighted by Crippen LogP contribution is -2.30. The number of unbranched alkanes of at least 4 members (excludes halogenated alkanes) is 5. The van der Waals surface area contributed by atoms with Crippen molar-refractivity contribution in [2.45, 2.75) is 90.3 Å². The number of carbonyl (C=O) groups is 2. The van der Waals surface area contributed by atoms with Gasteiger partial charge in [-0.3, -0.25) is 4.79 Å². The Bertz CT molecular complexity index is 290. The minimum atomic E-state index is -1.56. The number of ether oxygens (including phenoxy) is 1. The molecular weight excluding hydrogens is 272 g/mol. The summed E-state index contributed by atoms with van der Waals surface area (Å²) in [7, 11) is 0. The SMILES string of the molecule is CCCCCCC(CCCCC)OC(=O)C(O)CC(=O)O. The van der Waals surface area contributed by atoms with Crippen molar-refractivity contribution in [3.05, 3.63) is 0 Å². The average Bonchev–Trinajstić information content (AvgIpc) is 2.42. The number of hydrogen-bond acceptors (Lipinski definition) is 4. The van der Waals surface area contributed by atoms with Crippen molar-refractivity contribution < 1.29 is 24.5 Å². The molecule has 2 atom stereocenters. The molecule has 0 aromatic rings. The summed E-state index contributed by atoms with van der Waals surface area (Å²) >= 11 is 0. The topological polar surface area (TPSA) is 83.8 Å². The van der Waals surface area contributed by atoms with Crippen LogP contribution in [0.1, 0.15) is 78.1 Å². The maximum atomic E-state index is 11.7. The zero-order chi connectivity index (χ0) is 16.1. The molecule has 2 unspecified atom stereocenters. The van der Waals surface area contributed by atoms with E-state index in [1.54, 1.807) is 0 Å². The first-order chi connectivity index (χ1) is 10.0. The number of aliphatic hydroxyl groups is 1. The lowest BCUT2D eigenvalue weighted by atomic mass is 10.0. The third-order valence-corrected chi connectivity index (χ3v) is 3.43. The van der Waals surface area contributed by atoms with E-state index < -0.39 is 24.5 Å². The first-order valence-electron chi connectivity index (χ1n) is 8.11. The highest BCUT2D eigenvalue weighted by Gasteiger charge is 2.23. The predicted octanol–water partition coefficient (Wildman–Crippen LogP) is 3.28. The molecule has 0 aliphatic rings. The van der Waals surface area contributed by atoms with Gasteiger partial charge in [-0.15, -0.1) is 0 Å². The van der Waals surface area contributed by atoms with Gasteiger partial charge >= 0.3 is 11.9 Å². The quantitative estimate of drug-likeness (QED) is 0.403. The molecule has 5 heteroatoms. The van der Waals surface area contributed by atoms with Gasteiger partial charge in [0.1, 0.15) is 6.10 Å². The Morgan fingerprint density at radius 1 is 0.952 bits per heavy atom. The largest absolute Gasteiger partial charge is 0.481 e. The maximum Gasteiger partial charge on any atom is 0.335 e. The molecule has 0 heterocycles. The van der Waals surface area contributed by atoms with Gasteiger partial charge in [-0.1, -0.05) is 46.0 Å². The van der Waals surface area contributed by atoms with Crippen LogP contribution in [0.25, 0.3) is 0 Å². The summed E-state index contributed by atoms with van der Waals surface area (Å²) in [5, 5.41) is 18.0. The summed E-state index contributed by atoms with van der Waals surface area (Å²) in [5.74, 6) is -2.01. The number of aliphatic carboxylic acids is 1. The van der Waals surface area contributed by atoms with E-state index in [0.29, 0.717) is 0 Å². The monoisotopic (exact) mass is 302 g/mol. The molecule has 0 aromatic carbocycles. The number of carboxylic acid groups (broad SMARTS) is 1. The van der Waals surface area contributed by atoms with E-state index in [0.717, 1.165) is 57.8 Å². The minimum absolute atomic E-state index is 0.204. The minimum Gasteiger partial charge on any atom is -0.481 e. The summed E-state index contributed by atoms with van der Waals surface area (Å²) in [6.07, 6.45) is 6.78. The molecule has 0 amide bonds. The number of carboxylic acids is 1. The molecule has 0 saturated carbocycles. The third-order valence-electron chi connectivity index (χ3n) is 3.43. The number of carbonyl (C=O) groups excluding carboxylic acids is 1. The van der Waals surface area contributed by atoms with Gasteiger partial charge in [0.05, 0.1) is 6.42 Å². The van der Waals surface area contributed by atoms with E-state index in [4.69, 9.17) is 9.84 Å². The Hall–Kier alpha value is -1.10. The normalized spacial score (nSPS) is 13.7. The smallest absolute Gasteiger partial charge is 0.335 e. The molecule has 0 radical (unpaired) electrons. The molecule has 124 valence electrons.